The van der Waals surface area contributed by atoms with Gasteiger partial charge in [0, 0.05) is 5.92 Å². The summed E-state index contributed by atoms with van der Waals surface area (Å²) < 4.78 is 0. The standard InChI is InChI=1S/C21H26N2O2/c24-19(18-9-17(18)16-4-2-1-3-5-16)22-23-20(25)21-10-13-6-14(11-21)8-15(7-13)12-21/h1-5,13-15,17-18H,6-12H2,(H,22,24)(H,23,25). The van der Waals surface area contributed by atoms with Crippen LogP contribution in [0.1, 0.15) is 56.4 Å². The number of carbonyl (C=O) groups is 2. The Morgan fingerprint density at radius 3 is 2.04 bits per heavy atom. The third-order valence-corrected chi connectivity index (χ3v) is 7.17. The Hall–Kier alpha value is -1.84. The zero-order valence-electron chi connectivity index (χ0n) is 14.5. The second kappa shape index (κ2) is 5.58. The van der Waals surface area contributed by atoms with Crippen molar-refractivity contribution in [2.75, 3.05) is 0 Å². The highest BCUT2D eigenvalue weighted by molar-refractivity contribution is 5.88. The van der Waals surface area contributed by atoms with Crippen molar-refractivity contribution in [3.63, 3.8) is 0 Å². The van der Waals surface area contributed by atoms with E-state index in [1.807, 2.05) is 18.2 Å². The van der Waals surface area contributed by atoms with Crippen LogP contribution in [0, 0.1) is 29.1 Å². The first-order valence-electron chi connectivity index (χ1n) is 9.78. The van der Waals surface area contributed by atoms with Crippen molar-refractivity contribution < 1.29 is 9.59 Å². The topological polar surface area (TPSA) is 58.2 Å². The monoisotopic (exact) mass is 338 g/mol. The molecule has 6 rings (SSSR count). The molecular weight excluding hydrogens is 312 g/mol. The molecule has 2 amide bonds. The predicted octanol–water partition coefficient (Wildman–Crippen LogP) is 3.15. The van der Waals surface area contributed by atoms with Crippen molar-refractivity contribution in [1.82, 2.24) is 10.9 Å². The lowest BCUT2D eigenvalue weighted by Gasteiger charge is -2.55. The van der Waals surface area contributed by atoms with Gasteiger partial charge in [-0.05, 0) is 74.2 Å². The number of amides is 2. The zero-order valence-corrected chi connectivity index (χ0v) is 14.5. The van der Waals surface area contributed by atoms with Crippen molar-refractivity contribution >= 4 is 11.8 Å². The molecule has 0 radical (unpaired) electrons. The average molecular weight is 338 g/mol. The molecule has 5 saturated carbocycles. The van der Waals surface area contributed by atoms with E-state index in [1.165, 1.54) is 24.8 Å². The van der Waals surface area contributed by atoms with Crippen LogP contribution in [0.25, 0.3) is 0 Å². The second-order valence-electron chi connectivity index (χ2n) is 9.00. The van der Waals surface area contributed by atoms with E-state index in [2.05, 4.69) is 23.0 Å². The Balaban J connectivity index is 1.18. The second-order valence-corrected chi connectivity index (χ2v) is 9.00. The van der Waals surface area contributed by atoms with Crippen molar-refractivity contribution in [2.24, 2.45) is 29.1 Å². The molecule has 5 fully saturated rings. The van der Waals surface area contributed by atoms with Crippen molar-refractivity contribution in [3.05, 3.63) is 35.9 Å². The highest BCUT2D eigenvalue weighted by Gasteiger charge is 2.55. The summed E-state index contributed by atoms with van der Waals surface area (Å²) in [7, 11) is 0. The molecule has 1 aromatic carbocycles. The largest absolute Gasteiger partial charge is 0.273 e. The third-order valence-electron chi connectivity index (χ3n) is 7.17. The van der Waals surface area contributed by atoms with Crippen molar-refractivity contribution in [3.8, 4) is 0 Å². The number of benzene rings is 1. The van der Waals surface area contributed by atoms with Gasteiger partial charge in [0.2, 0.25) is 11.8 Å². The van der Waals surface area contributed by atoms with E-state index in [-0.39, 0.29) is 23.1 Å². The van der Waals surface area contributed by atoms with Crippen molar-refractivity contribution in [2.45, 2.75) is 50.9 Å². The van der Waals surface area contributed by atoms with E-state index < -0.39 is 0 Å². The number of hydrogen-bond acceptors (Lipinski definition) is 2. The first kappa shape index (κ1) is 15.4. The highest BCUT2D eigenvalue weighted by Crippen LogP contribution is 2.60. The van der Waals surface area contributed by atoms with E-state index in [0.717, 1.165) is 43.4 Å². The van der Waals surface area contributed by atoms with Gasteiger partial charge >= 0.3 is 0 Å². The van der Waals surface area contributed by atoms with Crippen LogP contribution in [-0.4, -0.2) is 11.8 Å². The molecule has 25 heavy (non-hydrogen) atoms. The SMILES string of the molecule is O=C(NNC(=O)C12CC3CC(CC(C3)C1)C2)C1CC1c1ccccc1. The van der Waals surface area contributed by atoms with E-state index in [9.17, 15) is 9.59 Å². The molecule has 5 aliphatic carbocycles. The van der Waals surface area contributed by atoms with Crippen LogP contribution in [0.5, 0.6) is 0 Å². The molecule has 1 aromatic rings. The van der Waals surface area contributed by atoms with Gasteiger partial charge in [0.05, 0.1) is 5.41 Å². The lowest BCUT2D eigenvalue weighted by atomic mass is 9.49. The minimum atomic E-state index is -0.204. The predicted molar refractivity (Wildman–Crippen MR) is 94.2 cm³/mol. The van der Waals surface area contributed by atoms with E-state index in [0.29, 0.717) is 5.92 Å². The van der Waals surface area contributed by atoms with Gasteiger partial charge in [-0.1, -0.05) is 30.3 Å². The number of rotatable bonds is 3. The maximum atomic E-state index is 12.9. The summed E-state index contributed by atoms with van der Waals surface area (Å²) in [6, 6.07) is 10.2. The Kier molecular flexibility index (Phi) is 3.44. The van der Waals surface area contributed by atoms with Gasteiger partial charge in [-0.25, -0.2) is 0 Å². The van der Waals surface area contributed by atoms with Crippen molar-refractivity contribution in [1.29, 1.82) is 0 Å². The molecule has 0 heterocycles. The molecule has 2 atom stereocenters. The Bertz CT molecular complexity index is 664. The first-order chi connectivity index (χ1) is 12.1. The summed E-state index contributed by atoms with van der Waals surface area (Å²) in [6.07, 6.45) is 7.91. The zero-order chi connectivity index (χ0) is 17.0. The molecule has 0 aliphatic heterocycles. The van der Waals surface area contributed by atoms with Gasteiger partial charge in [0.15, 0.2) is 0 Å². The summed E-state index contributed by atoms with van der Waals surface area (Å²) in [5, 5.41) is 0. The van der Waals surface area contributed by atoms with Gasteiger partial charge in [0.1, 0.15) is 0 Å². The van der Waals surface area contributed by atoms with Gasteiger partial charge in [-0.15, -0.1) is 0 Å². The van der Waals surface area contributed by atoms with Gasteiger partial charge in [-0.2, -0.15) is 0 Å². The normalized spacial score (nSPS) is 40.6. The van der Waals surface area contributed by atoms with Gasteiger partial charge in [-0.3, -0.25) is 20.4 Å². The minimum absolute atomic E-state index is 0.000868. The molecule has 132 valence electrons. The first-order valence-corrected chi connectivity index (χ1v) is 9.78. The van der Waals surface area contributed by atoms with Crippen LogP contribution in [0.2, 0.25) is 0 Å². The molecule has 0 saturated heterocycles. The molecule has 4 nitrogen and oxygen atoms in total. The molecule has 4 bridgehead atoms. The maximum Gasteiger partial charge on any atom is 0.244 e. The maximum absolute atomic E-state index is 12.9. The fourth-order valence-corrected chi connectivity index (χ4v) is 6.29. The van der Waals surface area contributed by atoms with Crippen LogP contribution in [0.3, 0.4) is 0 Å². The van der Waals surface area contributed by atoms with E-state index in [1.54, 1.807) is 0 Å². The Morgan fingerprint density at radius 2 is 1.44 bits per heavy atom. The number of hydrogen-bond donors (Lipinski definition) is 2. The van der Waals surface area contributed by atoms with Crippen LogP contribution >= 0.6 is 0 Å². The van der Waals surface area contributed by atoms with E-state index >= 15 is 0 Å². The lowest BCUT2D eigenvalue weighted by Crippen LogP contribution is -2.56. The summed E-state index contributed by atoms with van der Waals surface area (Å²) >= 11 is 0. The molecular formula is C21H26N2O2. The fraction of sp³-hybridized carbons (Fsp3) is 0.619. The Labute approximate surface area is 148 Å². The highest BCUT2D eigenvalue weighted by atomic mass is 16.2. The quantitative estimate of drug-likeness (QED) is 0.832. The molecule has 0 aromatic heterocycles. The fourth-order valence-electron chi connectivity index (χ4n) is 6.29. The average Bonchev–Trinajstić information content (AvgIpc) is 3.40. The smallest absolute Gasteiger partial charge is 0.244 e. The summed E-state index contributed by atoms with van der Waals surface area (Å²) in [5.41, 5.74) is 6.54. The number of nitrogens with one attached hydrogen (secondary N) is 2. The van der Waals surface area contributed by atoms with Crippen LogP contribution in [-0.2, 0) is 9.59 Å². The molecule has 2 unspecified atom stereocenters. The Morgan fingerprint density at radius 1 is 0.840 bits per heavy atom. The molecule has 2 N–H and O–H groups in total. The van der Waals surface area contributed by atoms with E-state index in [4.69, 9.17) is 0 Å². The van der Waals surface area contributed by atoms with Crippen LogP contribution < -0.4 is 10.9 Å². The van der Waals surface area contributed by atoms with Gasteiger partial charge in [0.25, 0.3) is 0 Å². The summed E-state index contributed by atoms with van der Waals surface area (Å²) in [5.74, 6) is 2.54. The number of carbonyl (C=O) groups excluding carboxylic acids is 2. The minimum Gasteiger partial charge on any atom is -0.273 e. The molecule has 4 heteroatoms. The number of hydrazine groups is 1. The lowest BCUT2D eigenvalue weighted by molar-refractivity contribution is -0.149. The summed E-state index contributed by atoms with van der Waals surface area (Å²) in [4.78, 5) is 25.3. The third kappa shape index (κ3) is 2.66. The van der Waals surface area contributed by atoms with Crippen LogP contribution in [0.15, 0.2) is 30.3 Å². The molecule has 0 spiro atoms. The summed E-state index contributed by atoms with van der Waals surface area (Å²) in [6.45, 7) is 0. The van der Waals surface area contributed by atoms with Gasteiger partial charge < -0.3 is 0 Å². The molecule has 5 aliphatic rings. The van der Waals surface area contributed by atoms with Crippen LogP contribution in [0.4, 0.5) is 0 Å².